The zero-order chi connectivity index (χ0) is 9.26. The van der Waals surface area contributed by atoms with Gasteiger partial charge in [0, 0.05) is 6.54 Å². The number of aliphatic hydroxyl groups is 2. The highest BCUT2D eigenvalue weighted by Crippen LogP contribution is 2.27. The van der Waals surface area contributed by atoms with E-state index in [4.69, 9.17) is 10.2 Å². The first-order valence-electron chi connectivity index (χ1n) is 4.42. The summed E-state index contributed by atoms with van der Waals surface area (Å²) in [5.41, 5.74) is 3.22. The van der Waals surface area contributed by atoms with E-state index in [-0.39, 0.29) is 19.3 Å². The molecule has 3 heteroatoms. The molecule has 0 saturated carbocycles. The molecule has 1 heterocycles. The van der Waals surface area contributed by atoms with Crippen molar-refractivity contribution in [2.75, 3.05) is 6.61 Å². The quantitative estimate of drug-likeness (QED) is 0.612. The third-order valence-electron chi connectivity index (χ3n) is 2.56. The zero-order valence-electron chi connectivity index (χ0n) is 7.33. The Morgan fingerprint density at radius 1 is 1.38 bits per heavy atom. The maximum atomic E-state index is 9.07. The van der Waals surface area contributed by atoms with Gasteiger partial charge < -0.3 is 15.5 Å². The Kier molecular flexibility index (Phi) is 2.31. The first kappa shape index (κ1) is 8.69. The first-order chi connectivity index (χ1) is 6.36. The van der Waals surface area contributed by atoms with Crippen LogP contribution in [0.25, 0.3) is 0 Å². The molecule has 3 nitrogen and oxygen atoms in total. The van der Waals surface area contributed by atoms with Gasteiger partial charge in [-0.05, 0) is 16.7 Å². The lowest BCUT2D eigenvalue weighted by atomic mass is 10.0. The molecule has 1 atom stereocenters. The second kappa shape index (κ2) is 3.46. The van der Waals surface area contributed by atoms with E-state index in [0.717, 1.165) is 23.2 Å². The highest BCUT2D eigenvalue weighted by molar-refractivity contribution is 5.40. The Bertz CT molecular complexity index is 312. The topological polar surface area (TPSA) is 52.5 Å². The van der Waals surface area contributed by atoms with Gasteiger partial charge in [0.25, 0.3) is 0 Å². The summed E-state index contributed by atoms with van der Waals surface area (Å²) in [7, 11) is 0. The summed E-state index contributed by atoms with van der Waals surface area (Å²) >= 11 is 0. The number of rotatable bonds is 2. The van der Waals surface area contributed by atoms with Crippen molar-refractivity contribution in [1.82, 2.24) is 5.32 Å². The molecule has 0 spiro atoms. The standard InChI is InChI=1S/C10H13NO2/c12-5-7-2-1-3-8-9(7)4-11-10(8)6-13/h1-3,10-13H,4-6H2/t10-/m1/s1. The fourth-order valence-corrected chi connectivity index (χ4v) is 1.84. The van der Waals surface area contributed by atoms with Gasteiger partial charge in [-0.15, -0.1) is 0 Å². The molecule has 13 heavy (non-hydrogen) atoms. The molecule has 70 valence electrons. The molecular weight excluding hydrogens is 166 g/mol. The molecule has 2 rings (SSSR count). The van der Waals surface area contributed by atoms with Gasteiger partial charge >= 0.3 is 0 Å². The minimum absolute atomic E-state index is 0.0431. The molecule has 0 amide bonds. The van der Waals surface area contributed by atoms with Crippen LogP contribution in [0.3, 0.4) is 0 Å². The maximum Gasteiger partial charge on any atom is 0.0685 e. The lowest BCUT2D eigenvalue weighted by Gasteiger charge is -2.08. The van der Waals surface area contributed by atoms with Gasteiger partial charge in [-0.1, -0.05) is 18.2 Å². The SMILES string of the molecule is OCc1cccc2c1CN[C@@H]2CO. The molecule has 0 bridgehead atoms. The highest BCUT2D eigenvalue weighted by Gasteiger charge is 2.22. The Morgan fingerprint density at radius 3 is 2.92 bits per heavy atom. The van der Waals surface area contributed by atoms with Crippen LogP contribution in [0.1, 0.15) is 22.7 Å². The van der Waals surface area contributed by atoms with Crippen molar-refractivity contribution in [3.8, 4) is 0 Å². The summed E-state index contributed by atoms with van der Waals surface area (Å²) in [6, 6.07) is 5.87. The predicted octanol–water partition coefficient (Wildman–Crippen LogP) is 0.315. The largest absolute Gasteiger partial charge is 0.394 e. The van der Waals surface area contributed by atoms with Crippen LogP contribution in [0.2, 0.25) is 0 Å². The summed E-state index contributed by atoms with van der Waals surface area (Å²) in [5, 5.41) is 21.3. The normalized spacial score (nSPS) is 20.3. The third-order valence-corrected chi connectivity index (χ3v) is 2.56. The smallest absolute Gasteiger partial charge is 0.0685 e. The number of hydrogen-bond donors (Lipinski definition) is 3. The van der Waals surface area contributed by atoms with Gasteiger partial charge in [-0.25, -0.2) is 0 Å². The first-order valence-corrected chi connectivity index (χ1v) is 4.42. The highest BCUT2D eigenvalue weighted by atomic mass is 16.3. The van der Waals surface area contributed by atoms with Crippen molar-refractivity contribution in [3.63, 3.8) is 0 Å². The van der Waals surface area contributed by atoms with Gasteiger partial charge in [0.1, 0.15) is 0 Å². The van der Waals surface area contributed by atoms with Crippen LogP contribution in [-0.4, -0.2) is 16.8 Å². The molecule has 1 aromatic rings. The van der Waals surface area contributed by atoms with E-state index in [2.05, 4.69) is 5.32 Å². The van der Waals surface area contributed by atoms with Crippen molar-refractivity contribution in [2.24, 2.45) is 0 Å². The molecule has 0 aliphatic carbocycles. The van der Waals surface area contributed by atoms with Crippen LogP contribution in [0.5, 0.6) is 0 Å². The van der Waals surface area contributed by atoms with Gasteiger partial charge in [0.2, 0.25) is 0 Å². The van der Waals surface area contributed by atoms with Crippen LogP contribution in [0.4, 0.5) is 0 Å². The fourth-order valence-electron chi connectivity index (χ4n) is 1.84. The molecule has 1 aromatic carbocycles. The second-order valence-electron chi connectivity index (χ2n) is 3.26. The molecule has 0 fully saturated rings. The molecule has 1 aliphatic heterocycles. The Morgan fingerprint density at radius 2 is 2.23 bits per heavy atom. The van der Waals surface area contributed by atoms with E-state index >= 15 is 0 Å². The van der Waals surface area contributed by atoms with Crippen molar-refractivity contribution in [1.29, 1.82) is 0 Å². The number of aliphatic hydroxyl groups excluding tert-OH is 2. The van der Waals surface area contributed by atoms with Crippen molar-refractivity contribution < 1.29 is 10.2 Å². The van der Waals surface area contributed by atoms with Crippen molar-refractivity contribution in [3.05, 3.63) is 34.9 Å². The van der Waals surface area contributed by atoms with Crippen LogP contribution < -0.4 is 5.32 Å². The molecule has 0 unspecified atom stereocenters. The summed E-state index contributed by atoms with van der Waals surface area (Å²) < 4.78 is 0. The molecule has 0 aromatic heterocycles. The molecule has 3 N–H and O–H groups in total. The van der Waals surface area contributed by atoms with Crippen LogP contribution in [0.15, 0.2) is 18.2 Å². The maximum absolute atomic E-state index is 9.07. The van der Waals surface area contributed by atoms with E-state index in [1.165, 1.54) is 0 Å². The number of hydrogen-bond acceptors (Lipinski definition) is 3. The van der Waals surface area contributed by atoms with Crippen LogP contribution in [0, 0.1) is 0 Å². The van der Waals surface area contributed by atoms with E-state index in [1.54, 1.807) is 0 Å². The molecule has 0 radical (unpaired) electrons. The monoisotopic (exact) mass is 179 g/mol. The summed E-state index contributed by atoms with van der Waals surface area (Å²) in [6.07, 6.45) is 0. The predicted molar refractivity (Wildman–Crippen MR) is 49.0 cm³/mol. The molecule has 0 saturated heterocycles. The zero-order valence-corrected chi connectivity index (χ0v) is 7.33. The van der Waals surface area contributed by atoms with Crippen molar-refractivity contribution >= 4 is 0 Å². The van der Waals surface area contributed by atoms with E-state index in [1.807, 2.05) is 18.2 Å². The van der Waals surface area contributed by atoms with Crippen LogP contribution in [-0.2, 0) is 13.2 Å². The van der Waals surface area contributed by atoms with Gasteiger partial charge in [-0.2, -0.15) is 0 Å². The van der Waals surface area contributed by atoms with E-state index < -0.39 is 0 Å². The Labute approximate surface area is 77.0 Å². The third kappa shape index (κ3) is 1.35. The van der Waals surface area contributed by atoms with Crippen molar-refractivity contribution in [2.45, 2.75) is 19.2 Å². The summed E-state index contributed by atoms with van der Waals surface area (Å²) in [6.45, 7) is 0.933. The van der Waals surface area contributed by atoms with Gasteiger partial charge in [-0.3, -0.25) is 0 Å². The molecular formula is C10H13NO2. The second-order valence-corrected chi connectivity index (χ2v) is 3.26. The minimum atomic E-state index is 0.0431. The lowest BCUT2D eigenvalue weighted by molar-refractivity contribution is 0.251. The van der Waals surface area contributed by atoms with E-state index in [0.29, 0.717) is 0 Å². The van der Waals surface area contributed by atoms with Gasteiger partial charge in [0.15, 0.2) is 0 Å². The number of fused-ring (bicyclic) bond motifs is 1. The minimum Gasteiger partial charge on any atom is -0.394 e. The van der Waals surface area contributed by atoms with E-state index in [9.17, 15) is 0 Å². The number of nitrogens with one attached hydrogen (secondary N) is 1. The van der Waals surface area contributed by atoms with Crippen LogP contribution >= 0.6 is 0 Å². The fraction of sp³-hybridized carbons (Fsp3) is 0.400. The Hall–Kier alpha value is -0.900. The summed E-state index contributed by atoms with van der Waals surface area (Å²) in [4.78, 5) is 0. The average Bonchev–Trinajstić information content (AvgIpc) is 2.60. The summed E-state index contributed by atoms with van der Waals surface area (Å²) in [5.74, 6) is 0. The van der Waals surface area contributed by atoms with Gasteiger partial charge in [0.05, 0.1) is 19.3 Å². The Balaban J connectivity index is 2.43. The molecule has 1 aliphatic rings. The number of benzene rings is 1. The average molecular weight is 179 g/mol. The lowest BCUT2D eigenvalue weighted by Crippen LogP contribution is -2.15.